The van der Waals surface area contributed by atoms with Gasteiger partial charge in [-0.1, -0.05) is 91.0 Å². The second kappa shape index (κ2) is 9.22. The van der Waals surface area contributed by atoms with Gasteiger partial charge in [0, 0.05) is 50.7 Å². The minimum absolute atomic E-state index is 0.862. The summed E-state index contributed by atoms with van der Waals surface area (Å²) in [6, 6.07) is 53.7. The van der Waals surface area contributed by atoms with Gasteiger partial charge in [0.25, 0.3) is 0 Å². The van der Waals surface area contributed by atoms with Gasteiger partial charge in [-0.2, -0.15) is 0 Å². The summed E-state index contributed by atoms with van der Waals surface area (Å²) in [5, 5.41) is 12.0. The molecule has 3 heteroatoms. The van der Waals surface area contributed by atoms with Gasteiger partial charge in [-0.15, -0.1) is 0 Å². The first-order valence-corrected chi connectivity index (χ1v) is 15.3. The molecule has 2 aromatic heterocycles. The van der Waals surface area contributed by atoms with Gasteiger partial charge in [-0.25, -0.2) is 0 Å². The van der Waals surface area contributed by atoms with Crippen LogP contribution >= 0.6 is 0 Å². The van der Waals surface area contributed by atoms with Crippen molar-refractivity contribution in [3.8, 4) is 0 Å². The topological polar surface area (TPSA) is 29.5 Å². The zero-order valence-electron chi connectivity index (χ0n) is 24.2. The molecule has 0 aliphatic heterocycles. The molecule has 0 atom stereocenters. The van der Waals surface area contributed by atoms with Gasteiger partial charge in [-0.3, -0.25) is 0 Å². The smallest absolute Gasteiger partial charge is 0.137 e. The summed E-state index contributed by atoms with van der Waals surface area (Å²) in [5.74, 6) is 0. The fourth-order valence-corrected chi connectivity index (χ4v) is 7.19. The Morgan fingerprint density at radius 1 is 0.267 bits per heavy atom. The van der Waals surface area contributed by atoms with Crippen LogP contribution in [0.15, 0.2) is 160 Å². The number of hydrogen-bond donors (Lipinski definition) is 0. The van der Waals surface area contributed by atoms with Crippen molar-refractivity contribution in [3.63, 3.8) is 0 Å². The molecule has 210 valence electrons. The van der Waals surface area contributed by atoms with E-state index in [0.29, 0.717) is 0 Å². The van der Waals surface area contributed by atoms with Crippen LogP contribution in [0.25, 0.3) is 76.2 Å². The van der Waals surface area contributed by atoms with E-state index in [1.807, 2.05) is 24.3 Å². The maximum Gasteiger partial charge on any atom is 0.137 e. The molecular formula is C42H25NO2. The van der Waals surface area contributed by atoms with Crippen LogP contribution in [-0.4, -0.2) is 0 Å². The maximum absolute atomic E-state index is 6.36. The van der Waals surface area contributed by atoms with Crippen molar-refractivity contribution in [3.05, 3.63) is 152 Å². The van der Waals surface area contributed by atoms with Gasteiger partial charge < -0.3 is 13.7 Å². The summed E-state index contributed by atoms with van der Waals surface area (Å²) in [5.41, 5.74) is 6.60. The average molecular weight is 576 g/mol. The fraction of sp³-hybridized carbons (Fsp3) is 0. The van der Waals surface area contributed by atoms with Gasteiger partial charge in [0.1, 0.15) is 22.3 Å². The van der Waals surface area contributed by atoms with Crippen molar-refractivity contribution in [2.24, 2.45) is 0 Å². The summed E-state index contributed by atoms with van der Waals surface area (Å²) < 4.78 is 12.7. The molecule has 0 bridgehead atoms. The summed E-state index contributed by atoms with van der Waals surface area (Å²) >= 11 is 0. The summed E-state index contributed by atoms with van der Waals surface area (Å²) in [7, 11) is 0. The SMILES string of the molecule is c1ccc2c(c1)oc1cc(N(c3ccc4c(c3)oc3ccccc34)c3ccc4c5ccccc5c5ccccc5c4c3)ccc12. The van der Waals surface area contributed by atoms with E-state index in [9.17, 15) is 0 Å². The molecule has 0 unspecified atom stereocenters. The molecule has 10 rings (SSSR count). The molecule has 0 saturated heterocycles. The lowest BCUT2D eigenvalue weighted by atomic mass is 9.94. The van der Waals surface area contributed by atoms with Crippen molar-refractivity contribution < 1.29 is 8.83 Å². The van der Waals surface area contributed by atoms with Gasteiger partial charge in [0.05, 0.1) is 0 Å². The lowest BCUT2D eigenvalue weighted by Gasteiger charge is -2.26. The van der Waals surface area contributed by atoms with E-state index in [-0.39, 0.29) is 0 Å². The lowest BCUT2D eigenvalue weighted by molar-refractivity contribution is 0.669. The van der Waals surface area contributed by atoms with Crippen LogP contribution in [0, 0.1) is 0 Å². The lowest BCUT2D eigenvalue weighted by Crippen LogP contribution is -2.09. The number of furan rings is 2. The zero-order chi connectivity index (χ0) is 29.5. The van der Waals surface area contributed by atoms with Gasteiger partial charge >= 0.3 is 0 Å². The quantitative estimate of drug-likeness (QED) is 0.196. The second-order valence-electron chi connectivity index (χ2n) is 11.7. The average Bonchev–Trinajstić information content (AvgIpc) is 3.66. The first-order chi connectivity index (χ1) is 22.3. The Balaban J connectivity index is 1.25. The zero-order valence-corrected chi connectivity index (χ0v) is 24.2. The Kier molecular flexibility index (Phi) is 5.00. The molecule has 0 radical (unpaired) electrons. The molecule has 3 nitrogen and oxygen atoms in total. The van der Waals surface area contributed by atoms with E-state index in [4.69, 9.17) is 8.83 Å². The number of nitrogens with zero attached hydrogens (tertiary/aromatic N) is 1. The predicted molar refractivity (Wildman–Crippen MR) is 188 cm³/mol. The third kappa shape index (κ3) is 3.58. The molecule has 0 spiro atoms. The largest absolute Gasteiger partial charge is 0.456 e. The highest BCUT2D eigenvalue weighted by atomic mass is 16.3. The third-order valence-electron chi connectivity index (χ3n) is 9.23. The van der Waals surface area contributed by atoms with Crippen LogP contribution in [0.3, 0.4) is 0 Å². The number of rotatable bonds is 3. The molecule has 0 aliphatic rings. The predicted octanol–water partition coefficient (Wildman–Crippen LogP) is 12.4. The van der Waals surface area contributed by atoms with Gasteiger partial charge in [0.15, 0.2) is 0 Å². The minimum Gasteiger partial charge on any atom is -0.456 e. The molecule has 0 aliphatic carbocycles. The van der Waals surface area contributed by atoms with Crippen LogP contribution in [0.1, 0.15) is 0 Å². The van der Waals surface area contributed by atoms with Crippen molar-refractivity contribution in [1.29, 1.82) is 0 Å². The van der Waals surface area contributed by atoms with Crippen molar-refractivity contribution >= 4 is 93.3 Å². The second-order valence-corrected chi connectivity index (χ2v) is 11.7. The summed E-state index contributed by atoms with van der Waals surface area (Å²) in [4.78, 5) is 2.31. The number of anilines is 3. The summed E-state index contributed by atoms with van der Waals surface area (Å²) in [6.07, 6.45) is 0. The van der Waals surface area contributed by atoms with Gasteiger partial charge in [0.2, 0.25) is 0 Å². The highest BCUT2D eigenvalue weighted by Gasteiger charge is 2.19. The van der Waals surface area contributed by atoms with Gasteiger partial charge in [-0.05, 0) is 80.8 Å². The van der Waals surface area contributed by atoms with E-state index in [0.717, 1.165) is 60.9 Å². The van der Waals surface area contributed by atoms with Crippen LogP contribution < -0.4 is 4.90 Å². The normalized spacial score (nSPS) is 12.0. The Bertz CT molecular complexity index is 2630. The molecule has 0 saturated carbocycles. The molecule has 0 fully saturated rings. The molecule has 0 amide bonds. The number of hydrogen-bond acceptors (Lipinski definition) is 3. The first-order valence-electron chi connectivity index (χ1n) is 15.3. The third-order valence-corrected chi connectivity index (χ3v) is 9.23. The van der Waals surface area contributed by atoms with E-state index in [2.05, 4.69) is 132 Å². The first kappa shape index (κ1) is 24.4. The van der Waals surface area contributed by atoms with E-state index >= 15 is 0 Å². The number of fused-ring (bicyclic) bond motifs is 12. The summed E-state index contributed by atoms with van der Waals surface area (Å²) in [6.45, 7) is 0. The fourth-order valence-electron chi connectivity index (χ4n) is 7.19. The minimum atomic E-state index is 0.862. The number of benzene rings is 8. The highest BCUT2D eigenvalue weighted by molar-refractivity contribution is 6.26. The Morgan fingerprint density at radius 2 is 0.600 bits per heavy atom. The Morgan fingerprint density at radius 3 is 1.09 bits per heavy atom. The van der Waals surface area contributed by atoms with Crippen molar-refractivity contribution in [2.75, 3.05) is 4.90 Å². The van der Waals surface area contributed by atoms with E-state index in [1.165, 1.54) is 32.3 Å². The van der Waals surface area contributed by atoms with Crippen LogP contribution in [-0.2, 0) is 0 Å². The standard InChI is InChI=1S/C42H25NO2/c1-2-11-31-29(9-1)30-10-3-4-12-32(30)38-23-26(17-20-33(31)38)43(27-18-21-36-34-13-5-7-15-39(34)44-41(36)24-27)28-19-22-37-35-14-6-8-16-40(35)45-42(37)25-28/h1-25H. The van der Waals surface area contributed by atoms with Crippen LogP contribution in [0.5, 0.6) is 0 Å². The highest BCUT2D eigenvalue weighted by Crippen LogP contribution is 2.43. The van der Waals surface area contributed by atoms with E-state index in [1.54, 1.807) is 0 Å². The van der Waals surface area contributed by atoms with Crippen LogP contribution in [0.2, 0.25) is 0 Å². The maximum atomic E-state index is 6.36. The molecule has 45 heavy (non-hydrogen) atoms. The monoisotopic (exact) mass is 575 g/mol. The number of para-hydroxylation sites is 2. The molecule has 0 N–H and O–H groups in total. The molecular weight excluding hydrogens is 550 g/mol. The van der Waals surface area contributed by atoms with Crippen LogP contribution in [0.4, 0.5) is 17.1 Å². The molecule has 2 heterocycles. The van der Waals surface area contributed by atoms with Crippen molar-refractivity contribution in [1.82, 2.24) is 0 Å². The van der Waals surface area contributed by atoms with E-state index < -0.39 is 0 Å². The molecule has 8 aromatic carbocycles. The Labute approximate surface area is 258 Å². The molecule has 10 aromatic rings. The Hall–Kier alpha value is -6.06. The van der Waals surface area contributed by atoms with Crippen molar-refractivity contribution in [2.45, 2.75) is 0 Å².